The second-order valence-corrected chi connectivity index (χ2v) is 4.59. The van der Waals surface area contributed by atoms with Crippen LogP contribution in [0.2, 0.25) is 5.02 Å². The second kappa shape index (κ2) is 10.2. The number of halogens is 1. The van der Waals surface area contributed by atoms with Gasteiger partial charge < -0.3 is 20.4 Å². The first-order valence-corrected chi connectivity index (χ1v) is 6.27. The number of hydrogen-bond donors (Lipinski definition) is 3. The number of aliphatic carboxylic acids is 2. The SMILES string of the molecule is CN(C)CCNCc1ccccc1Cl.O=C(O)C(=O)O. The van der Waals surface area contributed by atoms with E-state index in [1.54, 1.807) is 0 Å². The monoisotopic (exact) mass is 302 g/mol. The number of nitrogens with one attached hydrogen (secondary N) is 1. The lowest BCUT2D eigenvalue weighted by Crippen LogP contribution is -2.26. The van der Waals surface area contributed by atoms with Crippen LogP contribution < -0.4 is 5.32 Å². The van der Waals surface area contributed by atoms with Crippen LogP contribution in [0.15, 0.2) is 24.3 Å². The smallest absolute Gasteiger partial charge is 0.414 e. The number of rotatable bonds is 5. The molecule has 0 aliphatic heterocycles. The van der Waals surface area contributed by atoms with Gasteiger partial charge in [-0.25, -0.2) is 9.59 Å². The number of benzene rings is 1. The van der Waals surface area contributed by atoms with Gasteiger partial charge in [-0.2, -0.15) is 0 Å². The third-order valence-electron chi connectivity index (χ3n) is 2.19. The molecule has 0 amide bonds. The Labute approximate surface area is 123 Å². The van der Waals surface area contributed by atoms with Crippen molar-refractivity contribution >= 4 is 23.5 Å². The molecule has 1 aromatic carbocycles. The summed E-state index contributed by atoms with van der Waals surface area (Å²) in [6.07, 6.45) is 0. The molecule has 112 valence electrons. The lowest BCUT2D eigenvalue weighted by Gasteiger charge is -2.10. The highest BCUT2D eigenvalue weighted by atomic mass is 35.5. The molecule has 0 fully saturated rings. The lowest BCUT2D eigenvalue weighted by atomic mass is 10.2. The second-order valence-electron chi connectivity index (χ2n) is 4.18. The molecule has 20 heavy (non-hydrogen) atoms. The fourth-order valence-electron chi connectivity index (χ4n) is 1.17. The van der Waals surface area contributed by atoms with Crippen LogP contribution in [0.5, 0.6) is 0 Å². The van der Waals surface area contributed by atoms with Crippen molar-refractivity contribution < 1.29 is 19.8 Å². The first-order valence-electron chi connectivity index (χ1n) is 5.89. The van der Waals surface area contributed by atoms with E-state index in [1.807, 2.05) is 24.3 Å². The van der Waals surface area contributed by atoms with Crippen LogP contribution in [-0.4, -0.2) is 54.2 Å². The maximum absolute atomic E-state index is 9.10. The average Bonchev–Trinajstić information content (AvgIpc) is 2.37. The molecule has 0 spiro atoms. The summed E-state index contributed by atoms with van der Waals surface area (Å²) in [4.78, 5) is 20.4. The molecule has 7 heteroatoms. The Bertz CT molecular complexity index is 426. The van der Waals surface area contributed by atoms with Crippen LogP contribution in [0.3, 0.4) is 0 Å². The Balaban J connectivity index is 0.000000511. The number of carbonyl (C=O) groups is 2. The van der Waals surface area contributed by atoms with Gasteiger partial charge in [0, 0.05) is 24.7 Å². The molecule has 0 aromatic heterocycles. The molecule has 1 rings (SSSR count). The third-order valence-corrected chi connectivity index (χ3v) is 2.56. The Hall–Kier alpha value is -1.63. The predicted octanol–water partition coefficient (Wildman–Crippen LogP) is 1.15. The third kappa shape index (κ3) is 9.32. The molecule has 6 nitrogen and oxygen atoms in total. The fourth-order valence-corrected chi connectivity index (χ4v) is 1.37. The summed E-state index contributed by atoms with van der Waals surface area (Å²) in [6, 6.07) is 7.93. The van der Waals surface area contributed by atoms with E-state index in [1.165, 1.54) is 0 Å². The molecule has 0 saturated carbocycles. The van der Waals surface area contributed by atoms with Crippen molar-refractivity contribution in [2.75, 3.05) is 27.2 Å². The van der Waals surface area contributed by atoms with Crippen molar-refractivity contribution in [3.63, 3.8) is 0 Å². The Morgan fingerprint density at radius 2 is 1.75 bits per heavy atom. The summed E-state index contributed by atoms with van der Waals surface area (Å²) in [5, 5.41) is 19.0. The molecule has 0 atom stereocenters. The summed E-state index contributed by atoms with van der Waals surface area (Å²) in [5.41, 5.74) is 1.16. The molecule has 0 heterocycles. The van der Waals surface area contributed by atoms with Crippen molar-refractivity contribution in [1.82, 2.24) is 10.2 Å². The van der Waals surface area contributed by atoms with Gasteiger partial charge in [-0.15, -0.1) is 0 Å². The lowest BCUT2D eigenvalue weighted by molar-refractivity contribution is -0.159. The molecule has 3 N–H and O–H groups in total. The van der Waals surface area contributed by atoms with Crippen LogP contribution in [0.4, 0.5) is 0 Å². The fraction of sp³-hybridized carbons (Fsp3) is 0.385. The summed E-state index contributed by atoms with van der Waals surface area (Å²) in [6.45, 7) is 2.87. The van der Waals surface area contributed by atoms with E-state index in [9.17, 15) is 0 Å². The number of likely N-dealkylation sites (N-methyl/N-ethyl adjacent to an activating group) is 1. The van der Waals surface area contributed by atoms with Crippen LogP contribution in [0.25, 0.3) is 0 Å². The van der Waals surface area contributed by atoms with Gasteiger partial charge in [0.1, 0.15) is 0 Å². The van der Waals surface area contributed by atoms with Crippen molar-refractivity contribution in [2.45, 2.75) is 6.54 Å². The number of carboxylic acids is 2. The molecular formula is C13H19ClN2O4. The number of nitrogens with zero attached hydrogens (tertiary/aromatic N) is 1. The Morgan fingerprint density at radius 1 is 1.20 bits per heavy atom. The maximum Gasteiger partial charge on any atom is 0.414 e. The van der Waals surface area contributed by atoms with Crippen LogP contribution >= 0.6 is 11.6 Å². The van der Waals surface area contributed by atoms with Gasteiger partial charge in [0.05, 0.1) is 0 Å². The quantitative estimate of drug-likeness (QED) is 0.558. The Morgan fingerprint density at radius 3 is 2.20 bits per heavy atom. The van der Waals surface area contributed by atoms with Crippen molar-refractivity contribution in [3.8, 4) is 0 Å². The number of carboxylic acid groups (broad SMARTS) is 2. The van der Waals surface area contributed by atoms with E-state index in [-0.39, 0.29) is 0 Å². The minimum absolute atomic E-state index is 0.838. The highest BCUT2D eigenvalue weighted by Gasteiger charge is 2.04. The number of hydrogen-bond acceptors (Lipinski definition) is 4. The summed E-state index contributed by atoms with van der Waals surface area (Å²) in [7, 11) is 4.13. The zero-order chi connectivity index (χ0) is 15.5. The highest BCUT2D eigenvalue weighted by Crippen LogP contribution is 2.13. The summed E-state index contributed by atoms with van der Waals surface area (Å²) < 4.78 is 0. The summed E-state index contributed by atoms with van der Waals surface area (Å²) >= 11 is 6.02. The van der Waals surface area contributed by atoms with Crippen molar-refractivity contribution in [1.29, 1.82) is 0 Å². The molecule has 0 aliphatic rings. The predicted molar refractivity (Wildman–Crippen MR) is 77.0 cm³/mol. The van der Waals surface area contributed by atoms with Gasteiger partial charge in [-0.3, -0.25) is 0 Å². The van der Waals surface area contributed by atoms with Gasteiger partial charge in [-0.05, 0) is 25.7 Å². The van der Waals surface area contributed by atoms with E-state index < -0.39 is 11.9 Å². The minimum Gasteiger partial charge on any atom is -0.473 e. The molecule has 0 aliphatic carbocycles. The molecule has 0 unspecified atom stereocenters. The van der Waals surface area contributed by atoms with Gasteiger partial charge in [0.15, 0.2) is 0 Å². The van der Waals surface area contributed by atoms with Crippen LogP contribution in [0.1, 0.15) is 5.56 Å². The van der Waals surface area contributed by atoms with Crippen LogP contribution in [0, 0.1) is 0 Å². The normalized spacial score (nSPS) is 9.80. The summed E-state index contributed by atoms with van der Waals surface area (Å²) in [5.74, 6) is -3.65. The van der Waals surface area contributed by atoms with Crippen molar-refractivity contribution in [3.05, 3.63) is 34.9 Å². The zero-order valence-corrected chi connectivity index (χ0v) is 12.2. The highest BCUT2D eigenvalue weighted by molar-refractivity contribution is 6.31. The van der Waals surface area contributed by atoms with E-state index in [0.29, 0.717) is 0 Å². The first-order chi connectivity index (χ1) is 9.34. The maximum atomic E-state index is 9.10. The largest absolute Gasteiger partial charge is 0.473 e. The van der Waals surface area contributed by atoms with E-state index in [4.69, 9.17) is 31.4 Å². The van der Waals surface area contributed by atoms with Crippen LogP contribution in [-0.2, 0) is 16.1 Å². The zero-order valence-electron chi connectivity index (χ0n) is 11.5. The molecule has 0 saturated heterocycles. The van der Waals surface area contributed by atoms with Crippen molar-refractivity contribution in [2.24, 2.45) is 0 Å². The Kier molecular flexibility index (Phi) is 9.36. The van der Waals surface area contributed by atoms with E-state index in [2.05, 4.69) is 24.3 Å². The molecule has 1 aromatic rings. The van der Waals surface area contributed by atoms with Gasteiger partial charge in [0.25, 0.3) is 0 Å². The minimum atomic E-state index is -1.82. The topological polar surface area (TPSA) is 89.9 Å². The first kappa shape index (κ1) is 18.4. The molecular weight excluding hydrogens is 284 g/mol. The van der Waals surface area contributed by atoms with Gasteiger partial charge >= 0.3 is 11.9 Å². The molecule has 0 radical (unpaired) electrons. The standard InChI is InChI=1S/C11H17ClN2.C2H2O4/c1-14(2)8-7-13-9-10-5-3-4-6-11(10)12;3-1(4)2(5)6/h3-6,13H,7-9H2,1-2H3;(H,3,4)(H,5,6). The average molecular weight is 303 g/mol. The van der Waals surface area contributed by atoms with E-state index in [0.717, 1.165) is 30.2 Å². The van der Waals surface area contributed by atoms with Gasteiger partial charge in [0.2, 0.25) is 0 Å². The molecule has 0 bridgehead atoms. The van der Waals surface area contributed by atoms with E-state index >= 15 is 0 Å². The van der Waals surface area contributed by atoms with Gasteiger partial charge in [-0.1, -0.05) is 29.8 Å².